The molecule has 22 heavy (non-hydrogen) atoms. The van der Waals surface area contributed by atoms with Crippen LogP contribution in [0.25, 0.3) is 0 Å². The maximum Gasteiger partial charge on any atom is 0.258 e. The highest BCUT2D eigenvalue weighted by atomic mass is 16.1. The number of nitrogens with zero attached hydrogens (tertiary/aromatic N) is 2. The average molecular weight is 298 g/mol. The van der Waals surface area contributed by atoms with Crippen LogP contribution in [0, 0.1) is 0 Å². The SMILES string of the molecule is CCCNc1ncc(C(=O)Nc2ccc(C(C)=O)cc2)cn1. The van der Waals surface area contributed by atoms with E-state index in [1.807, 2.05) is 6.92 Å². The molecule has 0 aliphatic rings. The number of ketones is 1. The fraction of sp³-hybridized carbons (Fsp3) is 0.250. The van der Waals surface area contributed by atoms with E-state index >= 15 is 0 Å². The van der Waals surface area contributed by atoms with Gasteiger partial charge in [0.15, 0.2) is 5.78 Å². The van der Waals surface area contributed by atoms with Crippen LogP contribution in [-0.2, 0) is 0 Å². The third-order valence-electron chi connectivity index (χ3n) is 3.00. The van der Waals surface area contributed by atoms with Crippen molar-refractivity contribution in [3.8, 4) is 0 Å². The highest BCUT2D eigenvalue weighted by molar-refractivity contribution is 6.04. The molecule has 0 atom stereocenters. The van der Waals surface area contributed by atoms with Gasteiger partial charge in [-0.3, -0.25) is 9.59 Å². The predicted molar refractivity (Wildman–Crippen MR) is 85.2 cm³/mol. The van der Waals surface area contributed by atoms with E-state index in [1.54, 1.807) is 24.3 Å². The Labute approximate surface area is 129 Å². The Balaban J connectivity index is 2.00. The number of rotatable bonds is 6. The maximum absolute atomic E-state index is 12.1. The first-order valence-corrected chi connectivity index (χ1v) is 7.08. The summed E-state index contributed by atoms with van der Waals surface area (Å²) in [5.41, 5.74) is 1.59. The van der Waals surface area contributed by atoms with Gasteiger partial charge in [-0.25, -0.2) is 9.97 Å². The van der Waals surface area contributed by atoms with E-state index in [1.165, 1.54) is 19.3 Å². The van der Waals surface area contributed by atoms with E-state index < -0.39 is 0 Å². The average Bonchev–Trinajstić information content (AvgIpc) is 2.54. The third-order valence-corrected chi connectivity index (χ3v) is 3.00. The quantitative estimate of drug-likeness (QED) is 0.801. The molecule has 6 nitrogen and oxygen atoms in total. The van der Waals surface area contributed by atoms with Gasteiger partial charge in [-0.15, -0.1) is 0 Å². The van der Waals surface area contributed by atoms with E-state index in [4.69, 9.17) is 0 Å². The second-order valence-corrected chi connectivity index (χ2v) is 4.81. The molecule has 114 valence electrons. The summed E-state index contributed by atoms with van der Waals surface area (Å²) >= 11 is 0. The van der Waals surface area contributed by atoms with Crippen molar-refractivity contribution in [3.63, 3.8) is 0 Å². The first kappa shape index (κ1) is 15.6. The summed E-state index contributed by atoms with van der Waals surface area (Å²) in [6.45, 7) is 4.33. The van der Waals surface area contributed by atoms with Gasteiger partial charge in [0, 0.05) is 30.2 Å². The lowest BCUT2D eigenvalue weighted by atomic mass is 10.1. The molecule has 0 aliphatic carbocycles. The molecule has 0 unspecified atom stereocenters. The smallest absolute Gasteiger partial charge is 0.258 e. The highest BCUT2D eigenvalue weighted by Gasteiger charge is 2.08. The molecule has 6 heteroatoms. The highest BCUT2D eigenvalue weighted by Crippen LogP contribution is 2.11. The number of anilines is 2. The lowest BCUT2D eigenvalue weighted by molar-refractivity contribution is 0.101. The Morgan fingerprint density at radius 3 is 2.23 bits per heavy atom. The molecule has 0 fully saturated rings. The Morgan fingerprint density at radius 1 is 1.05 bits per heavy atom. The van der Waals surface area contributed by atoms with Crippen LogP contribution >= 0.6 is 0 Å². The van der Waals surface area contributed by atoms with Crippen molar-refractivity contribution in [1.82, 2.24) is 9.97 Å². The molecular weight excluding hydrogens is 280 g/mol. The van der Waals surface area contributed by atoms with Gasteiger partial charge in [0.05, 0.1) is 5.56 Å². The monoisotopic (exact) mass is 298 g/mol. The van der Waals surface area contributed by atoms with Crippen molar-refractivity contribution >= 4 is 23.3 Å². The molecule has 0 saturated carbocycles. The van der Waals surface area contributed by atoms with Crippen LogP contribution in [-0.4, -0.2) is 28.2 Å². The summed E-state index contributed by atoms with van der Waals surface area (Å²) in [6.07, 6.45) is 3.93. The molecule has 1 aromatic carbocycles. The maximum atomic E-state index is 12.1. The van der Waals surface area contributed by atoms with Crippen LogP contribution in [0.4, 0.5) is 11.6 Å². The number of hydrogen-bond acceptors (Lipinski definition) is 5. The fourth-order valence-corrected chi connectivity index (χ4v) is 1.76. The van der Waals surface area contributed by atoms with E-state index in [9.17, 15) is 9.59 Å². The van der Waals surface area contributed by atoms with Crippen LogP contribution in [0.15, 0.2) is 36.7 Å². The minimum absolute atomic E-state index is 0.0126. The molecule has 0 spiro atoms. The number of hydrogen-bond donors (Lipinski definition) is 2. The molecule has 0 saturated heterocycles. The molecule has 1 aromatic heterocycles. The summed E-state index contributed by atoms with van der Waals surface area (Å²) in [5.74, 6) is 0.197. The van der Waals surface area contributed by atoms with Crippen molar-refractivity contribution < 1.29 is 9.59 Å². The number of carbonyl (C=O) groups is 2. The number of Topliss-reactive ketones (excluding diaryl/α,β-unsaturated/α-hetero) is 1. The number of amides is 1. The van der Waals surface area contributed by atoms with Crippen molar-refractivity contribution in [2.24, 2.45) is 0 Å². The predicted octanol–water partition coefficient (Wildman–Crippen LogP) is 2.75. The molecule has 2 aromatic rings. The number of nitrogens with one attached hydrogen (secondary N) is 2. The summed E-state index contributed by atoms with van der Waals surface area (Å²) in [6, 6.07) is 6.72. The summed E-state index contributed by atoms with van der Waals surface area (Å²) in [5, 5.41) is 5.78. The first-order valence-electron chi connectivity index (χ1n) is 7.08. The van der Waals surface area contributed by atoms with E-state index in [-0.39, 0.29) is 11.7 Å². The second-order valence-electron chi connectivity index (χ2n) is 4.81. The molecule has 0 aliphatic heterocycles. The molecule has 0 radical (unpaired) electrons. The minimum atomic E-state index is -0.294. The lowest BCUT2D eigenvalue weighted by Gasteiger charge is -2.06. The van der Waals surface area contributed by atoms with Crippen LogP contribution in [0.1, 0.15) is 41.0 Å². The van der Waals surface area contributed by atoms with Crippen molar-refractivity contribution in [1.29, 1.82) is 0 Å². The lowest BCUT2D eigenvalue weighted by Crippen LogP contribution is -2.13. The van der Waals surface area contributed by atoms with Gasteiger partial charge < -0.3 is 10.6 Å². The van der Waals surface area contributed by atoms with Crippen LogP contribution in [0.3, 0.4) is 0 Å². The van der Waals surface area contributed by atoms with Gasteiger partial charge in [0.25, 0.3) is 5.91 Å². The fourth-order valence-electron chi connectivity index (χ4n) is 1.76. The van der Waals surface area contributed by atoms with Crippen LogP contribution in [0.5, 0.6) is 0 Å². The molecule has 1 heterocycles. The van der Waals surface area contributed by atoms with Gasteiger partial charge in [0.1, 0.15) is 0 Å². The van der Waals surface area contributed by atoms with Gasteiger partial charge in [-0.1, -0.05) is 6.92 Å². The van der Waals surface area contributed by atoms with E-state index in [2.05, 4.69) is 20.6 Å². The molecule has 0 bridgehead atoms. The molecule has 2 rings (SSSR count). The normalized spacial score (nSPS) is 10.1. The van der Waals surface area contributed by atoms with Crippen molar-refractivity contribution in [2.45, 2.75) is 20.3 Å². The summed E-state index contributed by atoms with van der Waals surface area (Å²) < 4.78 is 0. The van der Waals surface area contributed by atoms with E-state index in [0.29, 0.717) is 22.8 Å². The zero-order valence-electron chi connectivity index (χ0n) is 12.6. The summed E-state index contributed by atoms with van der Waals surface area (Å²) in [7, 11) is 0. The topological polar surface area (TPSA) is 84.0 Å². The zero-order chi connectivity index (χ0) is 15.9. The largest absolute Gasteiger partial charge is 0.354 e. The Kier molecular flexibility index (Phi) is 5.19. The second kappa shape index (κ2) is 7.31. The molecule has 2 N–H and O–H groups in total. The van der Waals surface area contributed by atoms with Crippen LogP contribution < -0.4 is 10.6 Å². The number of aromatic nitrogens is 2. The standard InChI is InChI=1S/C16H18N4O2/c1-3-8-17-16-18-9-13(10-19-16)15(22)20-14-6-4-12(5-7-14)11(2)21/h4-7,9-10H,3,8H2,1-2H3,(H,20,22)(H,17,18,19). The number of carbonyl (C=O) groups excluding carboxylic acids is 2. The molecule has 1 amide bonds. The Morgan fingerprint density at radius 2 is 1.68 bits per heavy atom. The van der Waals surface area contributed by atoms with Crippen molar-refractivity contribution in [2.75, 3.05) is 17.2 Å². The number of benzene rings is 1. The first-order chi connectivity index (χ1) is 10.6. The molecular formula is C16H18N4O2. The van der Waals surface area contributed by atoms with Crippen LogP contribution in [0.2, 0.25) is 0 Å². The van der Waals surface area contributed by atoms with Crippen molar-refractivity contribution in [3.05, 3.63) is 47.8 Å². The van der Waals surface area contributed by atoms with Gasteiger partial charge in [0.2, 0.25) is 5.95 Å². The Hall–Kier alpha value is -2.76. The van der Waals surface area contributed by atoms with Gasteiger partial charge in [-0.2, -0.15) is 0 Å². The van der Waals surface area contributed by atoms with E-state index in [0.717, 1.165) is 13.0 Å². The Bertz CT molecular complexity index is 651. The third kappa shape index (κ3) is 4.12. The minimum Gasteiger partial charge on any atom is -0.354 e. The van der Waals surface area contributed by atoms with Gasteiger partial charge in [-0.05, 0) is 37.6 Å². The zero-order valence-corrected chi connectivity index (χ0v) is 12.6. The van der Waals surface area contributed by atoms with Gasteiger partial charge >= 0.3 is 0 Å². The summed E-state index contributed by atoms with van der Waals surface area (Å²) in [4.78, 5) is 31.5.